The molecule has 0 spiro atoms. The van der Waals surface area contributed by atoms with E-state index in [9.17, 15) is 8.42 Å². The molecule has 2 atom stereocenters. The number of hydrogen-bond donors (Lipinski definition) is 1. The van der Waals surface area contributed by atoms with Gasteiger partial charge in [0.2, 0.25) is 0 Å². The van der Waals surface area contributed by atoms with Crippen molar-refractivity contribution in [1.82, 2.24) is 5.32 Å². The predicted octanol–water partition coefficient (Wildman–Crippen LogP) is 1.00. The Morgan fingerprint density at radius 1 is 1.47 bits per heavy atom. The Balaban J connectivity index is 2.53. The topological polar surface area (TPSA) is 55.4 Å². The maximum Gasteiger partial charge on any atom is 0.183 e. The Morgan fingerprint density at radius 3 is 2.76 bits per heavy atom. The first-order valence-electron chi connectivity index (χ1n) is 5.59. The normalized spacial score (nSPS) is 23.1. The molecule has 94 valence electrons. The fraction of sp³-hybridized carbons (Fsp3) is 0.500. The summed E-state index contributed by atoms with van der Waals surface area (Å²) < 4.78 is 29.9. The van der Waals surface area contributed by atoms with Gasteiger partial charge in [0.25, 0.3) is 0 Å². The minimum absolute atomic E-state index is 0.0721. The first-order chi connectivity index (χ1) is 8.02. The summed E-state index contributed by atoms with van der Waals surface area (Å²) in [5.74, 6) is 0.664. The average Bonchev–Trinajstić information content (AvgIpc) is 2.60. The van der Waals surface area contributed by atoms with Crippen LogP contribution >= 0.6 is 0 Å². The third kappa shape index (κ3) is 1.83. The van der Waals surface area contributed by atoms with Gasteiger partial charge in [-0.25, -0.2) is 8.42 Å². The van der Waals surface area contributed by atoms with Gasteiger partial charge in [0.05, 0.1) is 17.3 Å². The lowest BCUT2D eigenvalue weighted by molar-refractivity contribution is 0.407. The molecule has 5 heteroatoms. The Kier molecular flexibility index (Phi) is 3.14. The van der Waals surface area contributed by atoms with Crippen molar-refractivity contribution in [2.24, 2.45) is 0 Å². The highest BCUT2D eigenvalue weighted by Crippen LogP contribution is 2.37. The van der Waals surface area contributed by atoms with Gasteiger partial charge in [-0.05, 0) is 32.5 Å². The van der Waals surface area contributed by atoms with Crippen molar-refractivity contribution in [3.8, 4) is 5.75 Å². The van der Waals surface area contributed by atoms with Gasteiger partial charge in [-0.3, -0.25) is 0 Å². The maximum absolute atomic E-state index is 12.4. The molecular formula is C12H17NO3S. The molecule has 0 saturated heterocycles. The van der Waals surface area contributed by atoms with E-state index in [0.29, 0.717) is 17.1 Å². The maximum atomic E-state index is 12.4. The molecule has 0 aliphatic carbocycles. The van der Waals surface area contributed by atoms with Crippen molar-refractivity contribution >= 4 is 9.84 Å². The molecule has 1 aromatic rings. The lowest BCUT2D eigenvalue weighted by atomic mass is 10.1. The highest BCUT2D eigenvalue weighted by molar-refractivity contribution is 7.92. The van der Waals surface area contributed by atoms with E-state index in [1.807, 2.05) is 6.92 Å². The summed E-state index contributed by atoms with van der Waals surface area (Å²) in [4.78, 5) is 0.420. The number of hydrogen-bond acceptors (Lipinski definition) is 4. The van der Waals surface area contributed by atoms with Crippen molar-refractivity contribution in [3.05, 3.63) is 23.8 Å². The molecule has 2 unspecified atom stereocenters. The number of rotatable bonds is 3. The van der Waals surface area contributed by atoms with Crippen LogP contribution < -0.4 is 10.1 Å². The Hall–Kier alpha value is -1.07. The van der Waals surface area contributed by atoms with Crippen molar-refractivity contribution in [3.63, 3.8) is 0 Å². The van der Waals surface area contributed by atoms with Crippen LogP contribution in [-0.4, -0.2) is 33.9 Å². The smallest absolute Gasteiger partial charge is 0.183 e. The first-order valence-corrected chi connectivity index (χ1v) is 7.14. The van der Waals surface area contributed by atoms with Crippen molar-refractivity contribution < 1.29 is 13.2 Å². The van der Waals surface area contributed by atoms with Gasteiger partial charge in [-0.1, -0.05) is 6.07 Å². The summed E-state index contributed by atoms with van der Waals surface area (Å²) in [5, 5.41) is 2.61. The highest BCUT2D eigenvalue weighted by atomic mass is 32.2. The van der Waals surface area contributed by atoms with Gasteiger partial charge in [-0.15, -0.1) is 0 Å². The number of fused-ring (bicyclic) bond motifs is 1. The number of nitrogens with one attached hydrogen (secondary N) is 1. The zero-order chi connectivity index (χ0) is 12.6. The predicted molar refractivity (Wildman–Crippen MR) is 66.2 cm³/mol. The van der Waals surface area contributed by atoms with Crippen LogP contribution in [0.4, 0.5) is 0 Å². The molecule has 0 aromatic heterocycles. The molecule has 4 nitrogen and oxygen atoms in total. The zero-order valence-electron chi connectivity index (χ0n) is 10.2. The van der Waals surface area contributed by atoms with E-state index in [4.69, 9.17) is 4.74 Å². The van der Waals surface area contributed by atoms with Gasteiger partial charge >= 0.3 is 0 Å². The largest absolute Gasteiger partial charge is 0.496 e. The summed E-state index contributed by atoms with van der Waals surface area (Å²) in [5.41, 5.74) is 0.808. The molecule has 1 N–H and O–H groups in total. The van der Waals surface area contributed by atoms with Crippen LogP contribution in [0.15, 0.2) is 23.1 Å². The highest BCUT2D eigenvalue weighted by Gasteiger charge is 2.41. The number of methoxy groups -OCH3 is 1. The van der Waals surface area contributed by atoms with Gasteiger partial charge in [0, 0.05) is 11.6 Å². The van der Waals surface area contributed by atoms with Crippen LogP contribution in [0.2, 0.25) is 0 Å². The van der Waals surface area contributed by atoms with Crippen LogP contribution in [0.1, 0.15) is 12.5 Å². The molecule has 17 heavy (non-hydrogen) atoms. The third-order valence-electron chi connectivity index (χ3n) is 3.43. The Bertz CT molecular complexity index is 525. The Morgan fingerprint density at radius 2 is 2.18 bits per heavy atom. The monoisotopic (exact) mass is 255 g/mol. The summed E-state index contributed by atoms with van der Waals surface area (Å²) in [7, 11) is 0.112. The second kappa shape index (κ2) is 4.31. The third-order valence-corrected chi connectivity index (χ3v) is 5.80. The van der Waals surface area contributed by atoms with Gasteiger partial charge < -0.3 is 10.1 Å². The quantitative estimate of drug-likeness (QED) is 0.875. The second-order valence-electron chi connectivity index (χ2n) is 4.30. The average molecular weight is 255 g/mol. The van der Waals surface area contributed by atoms with Crippen LogP contribution in [0.5, 0.6) is 5.75 Å². The molecule has 1 aliphatic heterocycles. The number of ether oxygens (including phenoxy) is 1. The molecule has 2 rings (SSSR count). The minimum atomic E-state index is -3.23. The molecule has 1 aromatic carbocycles. The molecule has 0 saturated carbocycles. The standard InChI is InChI=1S/C12H17NO3S/c1-8(13-2)12-7-9-10(16-3)5-4-6-11(9)17(12,14)15/h4-6,8,12-13H,7H2,1-3H3. The lowest BCUT2D eigenvalue weighted by Gasteiger charge is -2.17. The summed E-state index contributed by atoms with van der Waals surface area (Å²) in [6.07, 6.45) is 0.518. The van der Waals surface area contributed by atoms with Gasteiger partial charge in [-0.2, -0.15) is 0 Å². The fourth-order valence-corrected chi connectivity index (χ4v) is 4.49. The second-order valence-corrected chi connectivity index (χ2v) is 6.44. The molecular weight excluding hydrogens is 238 g/mol. The lowest BCUT2D eigenvalue weighted by Crippen LogP contribution is -2.38. The molecule has 1 heterocycles. The fourth-order valence-electron chi connectivity index (χ4n) is 2.31. The minimum Gasteiger partial charge on any atom is -0.496 e. The van der Waals surface area contributed by atoms with E-state index in [0.717, 1.165) is 5.56 Å². The van der Waals surface area contributed by atoms with Crippen LogP contribution in [0, 0.1) is 0 Å². The molecule has 0 radical (unpaired) electrons. The van der Waals surface area contributed by atoms with Crippen molar-refractivity contribution in [2.45, 2.75) is 29.5 Å². The summed E-state index contributed by atoms with van der Waals surface area (Å²) in [6, 6.07) is 5.12. The van der Waals surface area contributed by atoms with Crippen LogP contribution in [0.3, 0.4) is 0 Å². The van der Waals surface area contributed by atoms with E-state index in [1.165, 1.54) is 0 Å². The summed E-state index contributed by atoms with van der Waals surface area (Å²) >= 11 is 0. The number of sulfone groups is 1. The van der Waals surface area contributed by atoms with E-state index in [-0.39, 0.29) is 6.04 Å². The van der Waals surface area contributed by atoms with Crippen LogP contribution in [0.25, 0.3) is 0 Å². The van der Waals surface area contributed by atoms with Gasteiger partial charge in [0.15, 0.2) is 9.84 Å². The van der Waals surface area contributed by atoms with E-state index < -0.39 is 15.1 Å². The molecule has 0 bridgehead atoms. The molecule has 0 amide bonds. The van der Waals surface area contributed by atoms with E-state index in [2.05, 4.69) is 5.32 Å². The molecule has 0 fully saturated rings. The number of benzene rings is 1. The SMILES string of the molecule is CNC(C)C1Cc2c(OC)cccc2S1(=O)=O. The zero-order valence-corrected chi connectivity index (χ0v) is 11.0. The van der Waals surface area contributed by atoms with Gasteiger partial charge in [0.1, 0.15) is 5.75 Å². The van der Waals surface area contributed by atoms with Crippen molar-refractivity contribution in [1.29, 1.82) is 0 Å². The summed E-state index contributed by atoms with van der Waals surface area (Å²) in [6.45, 7) is 1.89. The molecule has 1 aliphatic rings. The first kappa shape index (κ1) is 12.4. The van der Waals surface area contributed by atoms with E-state index >= 15 is 0 Å². The Labute approximate surface area is 102 Å². The van der Waals surface area contributed by atoms with E-state index in [1.54, 1.807) is 32.4 Å². The van der Waals surface area contributed by atoms with Crippen LogP contribution in [-0.2, 0) is 16.3 Å². The van der Waals surface area contributed by atoms with Crippen molar-refractivity contribution in [2.75, 3.05) is 14.2 Å².